The lowest BCUT2D eigenvalue weighted by Gasteiger charge is -2.31. The van der Waals surface area contributed by atoms with Gasteiger partial charge in [-0.05, 0) is 54.5 Å². The molecule has 30 heteroatoms. The normalized spacial score (nSPS) is 16.2. The zero-order chi connectivity index (χ0) is 67.7. The summed E-state index contributed by atoms with van der Waals surface area (Å²) in [6.45, 7) is 7.12. The van der Waals surface area contributed by atoms with E-state index < -0.39 is 96.0 Å². The summed E-state index contributed by atoms with van der Waals surface area (Å²) in [7, 11) is 0. The lowest BCUT2D eigenvalue weighted by Crippen LogP contribution is -2.52. The van der Waals surface area contributed by atoms with Gasteiger partial charge in [0.05, 0.1) is 160 Å². The van der Waals surface area contributed by atoms with Crippen molar-refractivity contribution in [1.29, 1.82) is 0 Å². The summed E-state index contributed by atoms with van der Waals surface area (Å²) >= 11 is 0. The number of carbonyl (C=O) groups excluding carboxylic acids is 9. The van der Waals surface area contributed by atoms with Gasteiger partial charge in [-0.15, -0.1) is 0 Å². The summed E-state index contributed by atoms with van der Waals surface area (Å²) < 4.78 is 66.0. The van der Waals surface area contributed by atoms with Gasteiger partial charge in [-0.25, -0.2) is 14.2 Å². The van der Waals surface area contributed by atoms with E-state index in [0.29, 0.717) is 155 Å². The van der Waals surface area contributed by atoms with Crippen molar-refractivity contribution in [2.75, 3.05) is 138 Å². The first-order valence-corrected chi connectivity index (χ1v) is 31.6. The minimum atomic E-state index is -2.07. The number of aryl methyl sites for hydroxylation is 1. The zero-order valence-electron chi connectivity index (χ0n) is 53.3. The Morgan fingerprint density at radius 3 is 1.84 bits per heavy atom. The van der Waals surface area contributed by atoms with Gasteiger partial charge in [-0.3, -0.25) is 48.1 Å². The van der Waals surface area contributed by atoms with Crippen LogP contribution >= 0.6 is 0 Å². The van der Waals surface area contributed by atoms with Crippen LogP contribution in [0.4, 0.5) is 4.39 Å². The molecule has 3 atom stereocenters. The van der Waals surface area contributed by atoms with Crippen LogP contribution in [0, 0.1) is 12.7 Å². The van der Waals surface area contributed by atoms with Crippen molar-refractivity contribution in [1.82, 2.24) is 46.4 Å². The molecule has 0 spiro atoms. The second-order valence-corrected chi connectivity index (χ2v) is 22.5. The highest BCUT2D eigenvalue weighted by Crippen LogP contribution is 2.46. The second kappa shape index (κ2) is 36.4. The molecule has 1 aliphatic carbocycles. The molecule has 3 aliphatic heterocycles. The Morgan fingerprint density at radius 2 is 1.23 bits per heavy atom. The fourth-order valence-electron chi connectivity index (χ4n) is 11.1. The molecule has 0 bridgehead atoms. The van der Waals surface area contributed by atoms with Gasteiger partial charge in [0.15, 0.2) is 5.60 Å². The van der Waals surface area contributed by atoms with Crippen molar-refractivity contribution in [2.45, 2.75) is 83.2 Å². The molecule has 8 rings (SSSR count). The number of cyclic esters (lactones) is 1. The van der Waals surface area contributed by atoms with E-state index in [1.807, 2.05) is 0 Å². The molecule has 0 unspecified atom stereocenters. The number of pyridine rings is 2. The van der Waals surface area contributed by atoms with Crippen molar-refractivity contribution in [3.05, 3.63) is 110 Å². The molecule has 2 aromatic carbocycles. The highest BCUT2D eigenvalue weighted by Gasteiger charge is 2.46. The highest BCUT2D eigenvalue weighted by molar-refractivity contribution is 6.13. The van der Waals surface area contributed by atoms with Crippen LogP contribution in [0.5, 0.6) is 0 Å². The number of amides is 8. The molecule has 514 valence electrons. The maximum atomic E-state index is 15.5. The lowest BCUT2D eigenvalue weighted by molar-refractivity contribution is -0.172. The standard InChI is InChI=1S/C65H82FN9O20/c1-3-65(86)46-34-51-61-44(39-75(51)63(84)45(46)40-95-64(65)85)60-48(10-9-43-41(2)47(66)35-49(73-61)59(43)60)71-56(80)38-70-62(83)50(33-42-7-5-4-6-8-42)72-55(79)37-69-54(78)36-68-53(77)14-17-87-19-21-89-23-25-91-27-29-93-31-32-94-30-28-92-26-24-90-22-20-88-18-15-67-52(76)13-16-74-57(81)11-12-58(74)82/h4-8,11-12,34-35,48,50,86H,3,9-10,13-33,36-40H2,1-2H3,(H,67,76)(H,68,77)(H,69,78)(H,70,83)(H,71,80)(H,72,79)/t48-,50-,65-/m0/s1. The van der Waals surface area contributed by atoms with Gasteiger partial charge >= 0.3 is 5.97 Å². The summed E-state index contributed by atoms with van der Waals surface area (Å²) in [6, 6.07) is 9.85. The number of nitrogens with one attached hydrogen (secondary N) is 6. The summed E-state index contributed by atoms with van der Waals surface area (Å²) in [6.07, 6.45) is 3.02. The van der Waals surface area contributed by atoms with Gasteiger partial charge < -0.3 is 84.2 Å². The predicted octanol–water partition coefficient (Wildman–Crippen LogP) is -0.339. The van der Waals surface area contributed by atoms with Gasteiger partial charge in [0.1, 0.15) is 18.5 Å². The molecule has 4 aromatic rings. The highest BCUT2D eigenvalue weighted by atomic mass is 19.1. The molecule has 8 amide bonds. The predicted molar refractivity (Wildman–Crippen MR) is 334 cm³/mol. The first kappa shape index (κ1) is 72.4. The summed E-state index contributed by atoms with van der Waals surface area (Å²) in [5, 5.41) is 27.9. The van der Waals surface area contributed by atoms with Crippen LogP contribution in [0.3, 0.4) is 0 Å². The first-order valence-electron chi connectivity index (χ1n) is 31.6. The number of esters is 1. The number of hydrogen-bond donors (Lipinski definition) is 7. The monoisotopic (exact) mass is 1330 g/mol. The molecule has 4 aliphatic rings. The number of carbonyl (C=O) groups is 9. The molecule has 7 N–H and O–H groups in total. The van der Waals surface area contributed by atoms with E-state index in [-0.39, 0.29) is 82.2 Å². The average Bonchev–Trinajstić information content (AvgIpc) is 1.62. The number of nitrogens with zero attached hydrogens (tertiary/aromatic N) is 3. The first-order chi connectivity index (χ1) is 46.0. The maximum absolute atomic E-state index is 15.5. The Hall–Kier alpha value is -8.46. The Bertz CT molecular complexity index is 3480. The van der Waals surface area contributed by atoms with E-state index >= 15 is 4.39 Å². The van der Waals surface area contributed by atoms with Crippen LogP contribution in [0.25, 0.3) is 22.3 Å². The van der Waals surface area contributed by atoms with Crippen LogP contribution in [-0.2, 0) is 117 Å². The van der Waals surface area contributed by atoms with Crippen LogP contribution in [-0.4, -0.2) is 217 Å². The molecular formula is C65H82FN9O20. The Morgan fingerprint density at radius 1 is 0.674 bits per heavy atom. The third-order valence-corrected chi connectivity index (χ3v) is 16.1. The van der Waals surface area contributed by atoms with Crippen LogP contribution < -0.4 is 37.5 Å². The number of aromatic nitrogens is 2. The maximum Gasteiger partial charge on any atom is 0.343 e. The summed E-state index contributed by atoms with van der Waals surface area (Å²) in [5.41, 5.74) is 1.70. The van der Waals surface area contributed by atoms with E-state index in [1.54, 1.807) is 50.2 Å². The molecule has 95 heavy (non-hydrogen) atoms. The average molecular weight is 1330 g/mol. The molecule has 2 aromatic heterocycles. The van der Waals surface area contributed by atoms with Gasteiger partial charge in [-0.2, -0.15) is 0 Å². The number of aliphatic hydroxyl groups is 1. The third kappa shape index (κ3) is 20.3. The lowest BCUT2D eigenvalue weighted by atomic mass is 9.81. The molecule has 0 fully saturated rings. The van der Waals surface area contributed by atoms with E-state index in [2.05, 4.69) is 31.9 Å². The zero-order valence-corrected chi connectivity index (χ0v) is 53.3. The number of ether oxygens (including phenoxy) is 9. The van der Waals surface area contributed by atoms with Crippen molar-refractivity contribution in [3.63, 3.8) is 0 Å². The smallest absolute Gasteiger partial charge is 0.343 e. The largest absolute Gasteiger partial charge is 0.458 e. The molecular weight excluding hydrogens is 1250 g/mol. The quantitative estimate of drug-likeness (QED) is 0.0149. The number of hydrogen-bond acceptors (Lipinski definition) is 21. The van der Waals surface area contributed by atoms with Gasteiger partial charge in [0.25, 0.3) is 17.4 Å². The number of imide groups is 1. The second-order valence-electron chi connectivity index (χ2n) is 22.5. The topological polar surface area (TPSA) is 367 Å². The number of fused-ring (bicyclic) bond motifs is 5. The molecule has 0 saturated carbocycles. The van der Waals surface area contributed by atoms with Crippen LogP contribution in [0.2, 0.25) is 0 Å². The SMILES string of the molecule is CC[C@@]1(O)C(=O)OCc2c1cc1n(c2=O)Cc2c-1nc1cc(F)c(C)c3c1c2[C@@H](NC(=O)CNC(=O)[C@H](Cc1ccccc1)NC(=O)CNC(=O)CNC(=O)CCOCCOCCOCCOCCOCCOCCOCCOCCNC(=O)CCN1C(=O)C=CC1=O)CC3. The van der Waals surface area contributed by atoms with E-state index in [0.717, 1.165) is 4.90 Å². The summed E-state index contributed by atoms with van der Waals surface area (Å²) in [4.78, 5) is 134. The Kier molecular flexibility index (Phi) is 27.8. The minimum absolute atomic E-state index is 0.0214. The Labute approximate surface area is 546 Å². The number of benzene rings is 2. The van der Waals surface area contributed by atoms with Gasteiger partial charge in [0, 0.05) is 67.1 Å². The fraction of sp³-hybridized carbons (Fsp3) is 0.523. The van der Waals surface area contributed by atoms with Crippen molar-refractivity contribution in [2.24, 2.45) is 0 Å². The van der Waals surface area contributed by atoms with Crippen molar-refractivity contribution in [3.8, 4) is 11.4 Å². The Balaban J connectivity index is 0.636. The van der Waals surface area contributed by atoms with Crippen LogP contribution in [0.15, 0.2) is 59.4 Å². The third-order valence-electron chi connectivity index (χ3n) is 16.1. The molecule has 5 heterocycles. The van der Waals surface area contributed by atoms with E-state index in [1.165, 1.54) is 22.8 Å². The molecule has 29 nitrogen and oxygen atoms in total. The number of halogens is 1. The van der Waals surface area contributed by atoms with Crippen LogP contribution in [0.1, 0.15) is 77.6 Å². The van der Waals surface area contributed by atoms with Crippen molar-refractivity contribution < 1.29 is 95.3 Å². The summed E-state index contributed by atoms with van der Waals surface area (Å²) in [5.74, 6) is -5.59. The van der Waals surface area contributed by atoms with Gasteiger partial charge in [0.2, 0.25) is 35.4 Å². The van der Waals surface area contributed by atoms with Crippen molar-refractivity contribution >= 4 is 64.1 Å². The van der Waals surface area contributed by atoms with Gasteiger partial charge in [-0.1, -0.05) is 37.3 Å². The fourth-order valence-corrected chi connectivity index (χ4v) is 11.1. The number of rotatable bonds is 42. The molecule has 0 radical (unpaired) electrons. The molecule has 0 saturated heterocycles. The minimum Gasteiger partial charge on any atom is -0.458 e. The van der Waals surface area contributed by atoms with E-state index in [9.17, 15) is 53.1 Å². The van der Waals surface area contributed by atoms with E-state index in [4.69, 9.17) is 47.6 Å².